The van der Waals surface area contributed by atoms with E-state index in [1.165, 1.54) is 0 Å². The lowest BCUT2D eigenvalue weighted by molar-refractivity contribution is 0.0693. The molecule has 2 heterocycles. The monoisotopic (exact) mass is 331 g/mol. The average molecular weight is 332 g/mol. The van der Waals surface area contributed by atoms with Crippen LogP contribution in [0.5, 0.6) is 0 Å². The number of hydrogen-bond donors (Lipinski definition) is 1. The summed E-state index contributed by atoms with van der Waals surface area (Å²) in [6, 6.07) is 0. The lowest BCUT2D eigenvalue weighted by atomic mass is 10.1. The highest BCUT2D eigenvalue weighted by molar-refractivity contribution is 9.10. The number of halogens is 1. The molecule has 0 aliphatic carbocycles. The average Bonchev–Trinajstić information content (AvgIpc) is 2.35. The lowest BCUT2D eigenvalue weighted by Gasteiger charge is -2.22. The Morgan fingerprint density at radius 1 is 1.50 bits per heavy atom. The summed E-state index contributed by atoms with van der Waals surface area (Å²) in [5, 5.41) is 0. The van der Waals surface area contributed by atoms with Crippen LogP contribution in [-0.2, 0) is 11.2 Å². The van der Waals surface area contributed by atoms with E-state index < -0.39 is 0 Å². The van der Waals surface area contributed by atoms with E-state index in [0.717, 1.165) is 40.5 Å². The highest BCUT2D eigenvalue weighted by Crippen LogP contribution is 2.29. The Kier molecular flexibility index (Phi) is 4.86. The van der Waals surface area contributed by atoms with Crippen molar-refractivity contribution in [2.24, 2.45) is 5.92 Å². The van der Waals surface area contributed by atoms with Gasteiger partial charge < -0.3 is 10.5 Å². The molecule has 1 saturated heterocycles. The molecule has 1 fully saturated rings. The van der Waals surface area contributed by atoms with Crippen molar-refractivity contribution < 1.29 is 4.74 Å². The molecule has 1 atom stereocenters. The second kappa shape index (κ2) is 6.21. The van der Waals surface area contributed by atoms with E-state index in [4.69, 9.17) is 10.5 Å². The van der Waals surface area contributed by atoms with Crippen molar-refractivity contribution in [2.75, 3.05) is 23.8 Å². The van der Waals surface area contributed by atoms with Crippen LogP contribution < -0.4 is 5.73 Å². The van der Waals surface area contributed by atoms with Gasteiger partial charge in [-0.3, -0.25) is 0 Å². The first-order chi connectivity index (χ1) is 8.58. The molecule has 1 aliphatic rings. The Hall–Kier alpha value is -0.330. The van der Waals surface area contributed by atoms with Gasteiger partial charge in [0.2, 0.25) is 0 Å². The third-order valence-corrected chi connectivity index (χ3v) is 4.53. The smallest absolute Gasteiger partial charge is 0.160 e. The molecule has 0 spiro atoms. The summed E-state index contributed by atoms with van der Waals surface area (Å²) >= 11 is 5.34. The molecular weight excluding hydrogens is 314 g/mol. The number of aromatic nitrogens is 2. The van der Waals surface area contributed by atoms with Crippen LogP contribution in [0.25, 0.3) is 0 Å². The standard InChI is InChI=1S/C12H18BrN3OS/c1-7(2)5-8-10(13)11(14)16-12(15-8)9-6-18-4-3-17-9/h7,9H,3-6H2,1-2H3,(H2,14,15,16). The van der Waals surface area contributed by atoms with Crippen molar-refractivity contribution in [1.82, 2.24) is 9.97 Å². The zero-order valence-electron chi connectivity index (χ0n) is 10.6. The van der Waals surface area contributed by atoms with E-state index in [1.807, 2.05) is 11.8 Å². The first-order valence-electron chi connectivity index (χ1n) is 6.09. The molecule has 1 aliphatic heterocycles. The molecule has 1 unspecified atom stereocenters. The summed E-state index contributed by atoms with van der Waals surface area (Å²) in [5.74, 6) is 3.71. The van der Waals surface area contributed by atoms with Crippen molar-refractivity contribution in [1.29, 1.82) is 0 Å². The third kappa shape index (κ3) is 3.36. The zero-order chi connectivity index (χ0) is 13.1. The molecule has 0 aromatic carbocycles. The van der Waals surface area contributed by atoms with Gasteiger partial charge in [0, 0.05) is 11.5 Å². The van der Waals surface area contributed by atoms with Gasteiger partial charge in [0.15, 0.2) is 5.82 Å². The number of nitrogens with zero attached hydrogens (tertiary/aromatic N) is 2. The summed E-state index contributed by atoms with van der Waals surface area (Å²) in [7, 11) is 0. The first kappa shape index (κ1) is 14.1. The van der Waals surface area contributed by atoms with E-state index in [2.05, 4.69) is 39.7 Å². The summed E-state index contributed by atoms with van der Waals surface area (Å²) < 4.78 is 6.52. The quantitative estimate of drug-likeness (QED) is 0.922. The van der Waals surface area contributed by atoms with Crippen LogP contribution in [0.2, 0.25) is 0 Å². The molecule has 6 heteroatoms. The summed E-state index contributed by atoms with van der Waals surface area (Å²) in [5.41, 5.74) is 6.92. The SMILES string of the molecule is CC(C)Cc1nc(C2CSCCO2)nc(N)c1Br. The van der Waals surface area contributed by atoms with Crippen LogP contribution in [0, 0.1) is 5.92 Å². The van der Waals surface area contributed by atoms with Crippen molar-refractivity contribution in [3.63, 3.8) is 0 Å². The Morgan fingerprint density at radius 2 is 2.28 bits per heavy atom. The van der Waals surface area contributed by atoms with Gasteiger partial charge in [0.1, 0.15) is 11.9 Å². The molecule has 4 nitrogen and oxygen atoms in total. The van der Waals surface area contributed by atoms with Crippen molar-refractivity contribution in [3.8, 4) is 0 Å². The van der Waals surface area contributed by atoms with Gasteiger partial charge in [-0.15, -0.1) is 0 Å². The Bertz CT molecular complexity index is 422. The van der Waals surface area contributed by atoms with Crippen LogP contribution in [0.3, 0.4) is 0 Å². The van der Waals surface area contributed by atoms with Crippen LogP contribution >= 0.6 is 27.7 Å². The Balaban J connectivity index is 2.27. The number of thioether (sulfide) groups is 1. The molecule has 0 radical (unpaired) electrons. The van der Waals surface area contributed by atoms with Gasteiger partial charge >= 0.3 is 0 Å². The van der Waals surface area contributed by atoms with Crippen LogP contribution in [-0.4, -0.2) is 28.1 Å². The van der Waals surface area contributed by atoms with Gasteiger partial charge in [-0.25, -0.2) is 9.97 Å². The fraction of sp³-hybridized carbons (Fsp3) is 0.667. The summed E-state index contributed by atoms with van der Waals surface area (Å²) in [4.78, 5) is 8.97. The fourth-order valence-electron chi connectivity index (χ4n) is 1.84. The predicted octanol–water partition coefficient (Wildman–Crippen LogP) is 2.82. The predicted molar refractivity (Wildman–Crippen MR) is 78.7 cm³/mol. The van der Waals surface area contributed by atoms with E-state index in [9.17, 15) is 0 Å². The van der Waals surface area contributed by atoms with Gasteiger partial charge in [0.05, 0.1) is 16.8 Å². The minimum Gasteiger partial charge on any atom is -0.383 e. The van der Waals surface area contributed by atoms with E-state index in [-0.39, 0.29) is 6.10 Å². The third-order valence-electron chi connectivity index (χ3n) is 2.67. The minimum absolute atomic E-state index is 0.0231. The number of hydrogen-bond acceptors (Lipinski definition) is 5. The van der Waals surface area contributed by atoms with Crippen LogP contribution in [0.4, 0.5) is 5.82 Å². The van der Waals surface area contributed by atoms with E-state index in [0.29, 0.717) is 11.7 Å². The topological polar surface area (TPSA) is 61.0 Å². The second-order valence-corrected chi connectivity index (χ2v) is 6.70. The Labute approximate surface area is 120 Å². The highest BCUT2D eigenvalue weighted by Gasteiger charge is 2.22. The van der Waals surface area contributed by atoms with Gasteiger partial charge in [-0.2, -0.15) is 11.8 Å². The van der Waals surface area contributed by atoms with Crippen molar-refractivity contribution in [2.45, 2.75) is 26.4 Å². The second-order valence-electron chi connectivity index (χ2n) is 4.76. The van der Waals surface area contributed by atoms with Crippen LogP contribution in [0.1, 0.15) is 31.5 Å². The lowest BCUT2D eigenvalue weighted by Crippen LogP contribution is -2.20. The maximum Gasteiger partial charge on any atom is 0.160 e. The highest BCUT2D eigenvalue weighted by atomic mass is 79.9. The normalized spacial score (nSPS) is 20.3. The molecule has 1 aromatic rings. The van der Waals surface area contributed by atoms with Crippen LogP contribution in [0.15, 0.2) is 4.47 Å². The number of nitrogens with two attached hydrogens (primary N) is 1. The Morgan fingerprint density at radius 3 is 2.89 bits per heavy atom. The van der Waals surface area contributed by atoms with Crippen molar-refractivity contribution >= 4 is 33.5 Å². The van der Waals surface area contributed by atoms with E-state index >= 15 is 0 Å². The molecule has 18 heavy (non-hydrogen) atoms. The summed E-state index contributed by atoms with van der Waals surface area (Å²) in [6.45, 7) is 5.09. The zero-order valence-corrected chi connectivity index (χ0v) is 13.1. The van der Waals surface area contributed by atoms with Gasteiger partial charge in [0.25, 0.3) is 0 Å². The molecule has 0 bridgehead atoms. The van der Waals surface area contributed by atoms with Gasteiger partial charge in [-0.1, -0.05) is 13.8 Å². The number of ether oxygens (including phenoxy) is 1. The molecule has 2 N–H and O–H groups in total. The molecular formula is C12H18BrN3OS. The maximum atomic E-state index is 5.94. The minimum atomic E-state index is -0.0231. The molecule has 2 rings (SSSR count). The maximum absolute atomic E-state index is 5.94. The number of nitrogen functional groups attached to an aromatic ring is 1. The summed E-state index contributed by atoms with van der Waals surface area (Å²) in [6.07, 6.45) is 0.866. The van der Waals surface area contributed by atoms with Gasteiger partial charge in [-0.05, 0) is 28.3 Å². The van der Waals surface area contributed by atoms with Crippen molar-refractivity contribution in [3.05, 3.63) is 16.0 Å². The molecule has 0 amide bonds. The largest absolute Gasteiger partial charge is 0.383 e. The molecule has 100 valence electrons. The fourth-order valence-corrected chi connectivity index (χ4v) is 3.01. The number of rotatable bonds is 3. The number of anilines is 1. The first-order valence-corrected chi connectivity index (χ1v) is 8.03. The molecule has 0 saturated carbocycles. The molecule has 1 aromatic heterocycles. The van der Waals surface area contributed by atoms with E-state index in [1.54, 1.807) is 0 Å².